The molecule has 0 spiro atoms. The number of halogens is 1. The van der Waals surface area contributed by atoms with E-state index in [0.717, 1.165) is 0 Å². The minimum Gasteiger partial charge on any atom is -0.253 e. The van der Waals surface area contributed by atoms with Gasteiger partial charge in [0.25, 0.3) is 10.2 Å². The largest absolute Gasteiger partial charge is 0.300 e. The molecule has 0 aliphatic rings. The zero-order chi connectivity index (χ0) is 10.6. The molecule has 0 saturated carbocycles. The molecular formula is C6H9ClN4O2S. The number of nitrogens with one attached hydrogen (secondary N) is 2. The van der Waals surface area contributed by atoms with Gasteiger partial charge in [-0.3, -0.25) is 4.72 Å². The topological polar surface area (TPSA) is 84.0 Å². The molecule has 0 unspecified atom stereocenters. The van der Waals surface area contributed by atoms with Crippen LogP contribution in [0.5, 0.6) is 0 Å². The van der Waals surface area contributed by atoms with E-state index in [9.17, 15) is 8.42 Å². The van der Waals surface area contributed by atoms with Gasteiger partial charge in [0, 0.05) is 6.54 Å². The fourth-order valence-corrected chi connectivity index (χ4v) is 1.67. The Balaban J connectivity index is 2.74. The predicted octanol–water partition coefficient (Wildman–Crippen LogP) is 0.396. The molecule has 0 amide bonds. The van der Waals surface area contributed by atoms with Crippen LogP contribution in [0.15, 0.2) is 12.1 Å². The summed E-state index contributed by atoms with van der Waals surface area (Å²) in [5, 5.41) is 7.22. The van der Waals surface area contributed by atoms with E-state index in [-0.39, 0.29) is 11.0 Å². The van der Waals surface area contributed by atoms with Crippen molar-refractivity contribution in [2.75, 3.05) is 11.3 Å². The average molecular weight is 237 g/mol. The first-order valence-corrected chi connectivity index (χ1v) is 5.66. The molecule has 0 fully saturated rings. The van der Waals surface area contributed by atoms with Crippen molar-refractivity contribution >= 4 is 27.6 Å². The van der Waals surface area contributed by atoms with Crippen LogP contribution in [-0.4, -0.2) is 25.2 Å². The number of anilines is 1. The van der Waals surface area contributed by atoms with Crippen LogP contribution in [0.3, 0.4) is 0 Å². The molecule has 0 saturated heterocycles. The molecule has 14 heavy (non-hydrogen) atoms. The fourth-order valence-electron chi connectivity index (χ4n) is 0.734. The Morgan fingerprint density at radius 1 is 1.43 bits per heavy atom. The van der Waals surface area contributed by atoms with E-state index in [1.807, 2.05) is 0 Å². The van der Waals surface area contributed by atoms with E-state index >= 15 is 0 Å². The van der Waals surface area contributed by atoms with Crippen LogP contribution in [-0.2, 0) is 10.2 Å². The number of aromatic nitrogens is 2. The molecule has 2 N–H and O–H groups in total. The van der Waals surface area contributed by atoms with Gasteiger partial charge in [0.1, 0.15) is 0 Å². The molecule has 1 heterocycles. The Kier molecular flexibility index (Phi) is 3.62. The van der Waals surface area contributed by atoms with Gasteiger partial charge in [-0.25, -0.2) is 0 Å². The van der Waals surface area contributed by atoms with Crippen LogP contribution in [0.25, 0.3) is 0 Å². The summed E-state index contributed by atoms with van der Waals surface area (Å²) in [4.78, 5) is 0. The van der Waals surface area contributed by atoms with Crippen LogP contribution in [0.4, 0.5) is 5.82 Å². The summed E-state index contributed by atoms with van der Waals surface area (Å²) < 4.78 is 26.7. The lowest BCUT2D eigenvalue weighted by Gasteiger charge is -2.05. The quantitative estimate of drug-likeness (QED) is 0.793. The Bertz CT molecular complexity index is 391. The van der Waals surface area contributed by atoms with Gasteiger partial charge >= 0.3 is 0 Å². The van der Waals surface area contributed by atoms with E-state index in [4.69, 9.17) is 11.6 Å². The van der Waals surface area contributed by atoms with E-state index in [0.29, 0.717) is 6.54 Å². The second-order valence-corrected chi connectivity index (χ2v) is 4.23. The number of hydrogen-bond acceptors (Lipinski definition) is 4. The minimum atomic E-state index is -3.54. The molecule has 1 aromatic rings. The van der Waals surface area contributed by atoms with Crippen molar-refractivity contribution in [2.45, 2.75) is 6.92 Å². The first kappa shape index (κ1) is 11.2. The first-order chi connectivity index (χ1) is 6.53. The van der Waals surface area contributed by atoms with Crippen molar-refractivity contribution in [3.63, 3.8) is 0 Å². The Morgan fingerprint density at radius 2 is 2.14 bits per heavy atom. The molecule has 0 bridgehead atoms. The van der Waals surface area contributed by atoms with Gasteiger partial charge in [0.2, 0.25) is 0 Å². The molecule has 78 valence electrons. The van der Waals surface area contributed by atoms with Gasteiger partial charge in [-0.2, -0.15) is 13.1 Å². The van der Waals surface area contributed by atoms with Crippen LogP contribution in [0, 0.1) is 0 Å². The SMILES string of the molecule is CCNS(=O)(=O)Nc1ccc(Cl)nn1. The normalized spacial score (nSPS) is 11.3. The Morgan fingerprint density at radius 3 is 2.64 bits per heavy atom. The molecule has 8 heteroatoms. The third kappa shape index (κ3) is 3.44. The molecule has 1 rings (SSSR count). The van der Waals surface area contributed by atoms with Crippen LogP contribution in [0.2, 0.25) is 5.15 Å². The highest BCUT2D eigenvalue weighted by atomic mass is 35.5. The highest BCUT2D eigenvalue weighted by molar-refractivity contribution is 7.90. The summed E-state index contributed by atoms with van der Waals surface area (Å²) in [6, 6.07) is 2.86. The molecule has 0 radical (unpaired) electrons. The van der Waals surface area contributed by atoms with Crippen LogP contribution < -0.4 is 9.44 Å². The highest BCUT2D eigenvalue weighted by Gasteiger charge is 2.08. The van der Waals surface area contributed by atoms with Gasteiger partial charge in [0.05, 0.1) is 0 Å². The summed E-state index contributed by atoms with van der Waals surface area (Å²) in [7, 11) is -3.54. The van der Waals surface area contributed by atoms with Crippen LogP contribution in [0.1, 0.15) is 6.92 Å². The molecule has 0 atom stereocenters. The fraction of sp³-hybridized carbons (Fsp3) is 0.333. The summed E-state index contributed by atoms with van der Waals surface area (Å²) in [5.74, 6) is 0.121. The number of rotatable bonds is 4. The second kappa shape index (κ2) is 4.54. The lowest BCUT2D eigenvalue weighted by molar-refractivity contribution is 0.589. The Labute approximate surface area is 86.9 Å². The summed E-state index contributed by atoms with van der Waals surface area (Å²) in [6.07, 6.45) is 0. The molecule has 0 aromatic carbocycles. The van der Waals surface area contributed by atoms with Gasteiger partial charge in [-0.1, -0.05) is 18.5 Å². The van der Waals surface area contributed by atoms with Crippen molar-refractivity contribution in [3.8, 4) is 0 Å². The molecule has 0 aliphatic heterocycles. The maximum atomic E-state index is 11.2. The lowest BCUT2D eigenvalue weighted by Crippen LogP contribution is -2.30. The highest BCUT2D eigenvalue weighted by Crippen LogP contribution is 2.06. The predicted molar refractivity (Wildman–Crippen MR) is 53.3 cm³/mol. The Hall–Kier alpha value is -0.920. The van der Waals surface area contributed by atoms with Crippen molar-refractivity contribution in [2.24, 2.45) is 0 Å². The van der Waals surface area contributed by atoms with Gasteiger partial charge in [0.15, 0.2) is 11.0 Å². The molecular weight excluding hydrogens is 228 g/mol. The average Bonchev–Trinajstić information content (AvgIpc) is 2.08. The maximum absolute atomic E-state index is 11.2. The minimum absolute atomic E-state index is 0.121. The van der Waals surface area contributed by atoms with Crippen molar-refractivity contribution in [3.05, 3.63) is 17.3 Å². The monoisotopic (exact) mass is 236 g/mol. The second-order valence-electron chi connectivity index (χ2n) is 2.34. The van der Waals surface area contributed by atoms with E-state index < -0.39 is 10.2 Å². The lowest BCUT2D eigenvalue weighted by atomic mass is 10.5. The maximum Gasteiger partial charge on any atom is 0.300 e. The van der Waals surface area contributed by atoms with E-state index in [1.54, 1.807) is 6.92 Å². The van der Waals surface area contributed by atoms with Crippen molar-refractivity contribution in [1.29, 1.82) is 0 Å². The molecule has 1 aromatic heterocycles. The smallest absolute Gasteiger partial charge is 0.253 e. The summed E-state index contributed by atoms with van der Waals surface area (Å²) >= 11 is 5.48. The first-order valence-electron chi connectivity index (χ1n) is 3.80. The third-order valence-corrected chi connectivity index (χ3v) is 2.55. The zero-order valence-electron chi connectivity index (χ0n) is 7.36. The number of hydrogen-bond donors (Lipinski definition) is 2. The molecule has 0 aliphatic carbocycles. The molecule has 6 nitrogen and oxygen atoms in total. The van der Waals surface area contributed by atoms with E-state index in [1.165, 1.54) is 12.1 Å². The van der Waals surface area contributed by atoms with Crippen molar-refractivity contribution < 1.29 is 8.42 Å². The van der Waals surface area contributed by atoms with Crippen molar-refractivity contribution in [1.82, 2.24) is 14.9 Å². The standard InChI is InChI=1S/C6H9ClN4O2S/c1-2-8-14(12,13)11-6-4-3-5(7)9-10-6/h3-4,8H,2H2,1H3,(H,10,11). The van der Waals surface area contributed by atoms with E-state index in [2.05, 4.69) is 19.6 Å². The summed E-state index contributed by atoms with van der Waals surface area (Å²) in [5.41, 5.74) is 0. The number of nitrogens with zero attached hydrogens (tertiary/aromatic N) is 2. The van der Waals surface area contributed by atoms with Gasteiger partial charge in [-0.15, -0.1) is 10.2 Å². The third-order valence-electron chi connectivity index (χ3n) is 1.21. The van der Waals surface area contributed by atoms with Gasteiger partial charge in [-0.05, 0) is 12.1 Å². The van der Waals surface area contributed by atoms with Gasteiger partial charge < -0.3 is 0 Å². The van der Waals surface area contributed by atoms with Crippen LogP contribution >= 0.6 is 11.6 Å². The summed E-state index contributed by atoms with van der Waals surface area (Å²) in [6.45, 7) is 1.98. The zero-order valence-corrected chi connectivity index (χ0v) is 8.93.